The lowest BCUT2D eigenvalue weighted by Gasteiger charge is -2.31. The summed E-state index contributed by atoms with van der Waals surface area (Å²) in [4.78, 5) is 137. The minimum atomic E-state index is -1.59. The average Bonchev–Trinajstić information content (AvgIpc) is 4.10. The number of likely N-dealkylation sites (tertiary alicyclic amines) is 1. The van der Waals surface area contributed by atoms with Crippen molar-refractivity contribution in [3.63, 3.8) is 0 Å². The molecule has 26 heteroatoms. The maximum atomic E-state index is 14.4. The lowest BCUT2D eigenvalue weighted by molar-refractivity contribution is -0.143. The number of carboxylic acids is 3. The largest absolute Gasteiger partial charge is 0.481 e. The molecule has 2 aromatic heterocycles. The van der Waals surface area contributed by atoms with E-state index in [-0.39, 0.29) is 57.6 Å². The minimum absolute atomic E-state index is 0.0341. The number of carboxylic acid groups (broad SMARTS) is 3. The van der Waals surface area contributed by atoms with Crippen molar-refractivity contribution in [2.24, 2.45) is 22.2 Å². The highest BCUT2D eigenvalue weighted by Crippen LogP contribution is 2.21. The second kappa shape index (κ2) is 25.6. The number of aromatic amines is 2. The van der Waals surface area contributed by atoms with Crippen LogP contribution in [-0.2, 0) is 62.4 Å². The Morgan fingerprint density at radius 2 is 1.28 bits per heavy atom. The van der Waals surface area contributed by atoms with E-state index < -0.39 is 115 Å². The van der Waals surface area contributed by atoms with E-state index in [1.807, 2.05) is 0 Å². The molecular formula is C41H56N14O12. The van der Waals surface area contributed by atoms with E-state index in [0.717, 1.165) is 0 Å². The summed E-state index contributed by atoms with van der Waals surface area (Å²) < 4.78 is 0. The van der Waals surface area contributed by atoms with Gasteiger partial charge in [0, 0.05) is 62.6 Å². The summed E-state index contributed by atoms with van der Waals surface area (Å²) in [5.41, 5.74) is 18.0. The summed E-state index contributed by atoms with van der Waals surface area (Å²) in [6.45, 7) is 0.0982. The van der Waals surface area contributed by atoms with Gasteiger partial charge in [0.2, 0.25) is 35.4 Å². The molecule has 16 N–H and O–H groups in total. The molecule has 3 heterocycles. The highest BCUT2D eigenvalue weighted by atomic mass is 16.4. The van der Waals surface area contributed by atoms with Crippen molar-refractivity contribution in [2.75, 3.05) is 13.1 Å². The van der Waals surface area contributed by atoms with Crippen molar-refractivity contribution in [1.29, 1.82) is 0 Å². The number of imidazole rings is 2. The van der Waals surface area contributed by atoms with E-state index in [9.17, 15) is 53.4 Å². The molecule has 0 bridgehead atoms. The zero-order chi connectivity index (χ0) is 49.0. The zero-order valence-corrected chi connectivity index (χ0v) is 36.3. The number of guanidine groups is 1. The maximum Gasteiger partial charge on any atom is 0.326 e. The first-order chi connectivity index (χ1) is 31.9. The Morgan fingerprint density at radius 3 is 1.85 bits per heavy atom. The summed E-state index contributed by atoms with van der Waals surface area (Å²) in [6.07, 6.45) is 3.73. The van der Waals surface area contributed by atoms with Gasteiger partial charge in [0.1, 0.15) is 36.3 Å². The van der Waals surface area contributed by atoms with Gasteiger partial charge in [0.25, 0.3) is 0 Å². The van der Waals surface area contributed by atoms with E-state index in [2.05, 4.69) is 51.5 Å². The number of aliphatic carboxylic acids is 3. The fraction of sp³-hybridized carbons (Fsp3) is 0.463. The summed E-state index contributed by atoms with van der Waals surface area (Å²) in [7, 11) is 0. The Kier molecular flexibility index (Phi) is 19.7. The van der Waals surface area contributed by atoms with Gasteiger partial charge in [-0.2, -0.15) is 0 Å². The Labute approximate surface area is 382 Å². The first-order valence-electron chi connectivity index (χ1n) is 21.2. The third kappa shape index (κ3) is 16.9. The number of amides is 6. The van der Waals surface area contributed by atoms with Gasteiger partial charge >= 0.3 is 17.9 Å². The number of rotatable bonds is 27. The molecule has 1 fully saturated rings. The number of benzene rings is 1. The van der Waals surface area contributed by atoms with Gasteiger partial charge in [-0.25, -0.2) is 14.8 Å². The Morgan fingerprint density at radius 1 is 0.716 bits per heavy atom. The normalized spacial score (nSPS) is 15.9. The van der Waals surface area contributed by atoms with Crippen LogP contribution in [0.3, 0.4) is 0 Å². The van der Waals surface area contributed by atoms with E-state index in [0.29, 0.717) is 23.4 Å². The molecule has 1 aliphatic rings. The predicted octanol–water partition coefficient (Wildman–Crippen LogP) is -3.62. The molecule has 362 valence electrons. The average molecular weight is 937 g/mol. The molecule has 67 heavy (non-hydrogen) atoms. The summed E-state index contributed by atoms with van der Waals surface area (Å²) in [5.74, 6) is -9.50. The molecule has 1 saturated heterocycles. The molecular weight excluding hydrogens is 881 g/mol. The number of hydrogen-bond donors (Lipinski definition) is 13. The number of hydrogen-bond acceptors (Lipinski definition) is 13. The van der Waals surface area contributed by atoms with Crippen LogP contribution in [-0.4, -0.2) is 155 Å². The number of nitrogens with two attached hydrogens (primary N) is 3. The summed E-state index contributed by atoms with van der Waals surface area (Å²) in [5, 5.41) is 41.0. The number of aliphatic imine (C=N–C) groups is 1. The zero-order valence-electron chi connectivity index (χ0n) is 36.3. The molecule has 0 aliphatic carbocycles. The SMILES string of the molecule is NC(N)=NCCC[C@H](NC(=O)[C@H](Cc1ccccc1)NC(=O)[C@@H]1CCCN1C(=O)[C@H](Cc1cnc[nH]1)NC(=O)[C@H](CCC(=O)O)NC(=O)[C@@H](N)CC(=O)O)C(=O)N[C@@H](Cc1cnc[nH]1)C(=O)O. The molecule has 6 amide bonds. The lowest BCUT2D eigenvalue weighted by Crippen LogP contribution is -2.60. The molecule has 1 aromatic carbocycles. The molecule has 1 aliphatic heterocycles. The van der Waals surface area contributed by atoms with Crippen LogP contribution in [0.4, 0.5) is 0 Å². The molecule has 0 radical (unpaired) electrons. The minimum Gasteiger partial charge on any atom is -0.481 e. The second-order valence-corrected chi connectivity index (χ2v) is 15.7. The monoisotopic (exact) mass is 936 g/mol. The van der Waals surface area contributed by atoms with Gasteiger partial charge in [0.15, 0.2) is 5.96 Å². The highest BCUT2D eigenvalue weighted by Gasteiger charge is 2.40. The summed E-state index contributed by atoms with van der Waals surface area (Å²) in [6, 6.07) is -1.30. The second-order valence-electron chi connectivity index (χ2n) is 15.7. The third-order valence-electron chi connectivity index (χ3n) is 10.5. The molecule has 0 spiro atoms. The first-order valence-corrected chi connectivity index (χ1v) is 21.2. The Hall–Kier alpha value is -7.90. The van der Waals surface area contributed by atoms with Crippen molar-refractivity contribution in [1.82, 2.24) is 51.4 Å². The van der Waals surface area contributed by atoms with E-state index in [4.69, 9.17) is 22.3 Å². The first kappa shape index (κ1) is 51.7. The molecule has 26 nitrogen and oxygen atoms in total. The topological polar surface area (TPSA) is 425 Å². The molecule has 4 rings (SSSR count). The molecule has 0 unspecified atom stereocenters. The Bertz CT molecular complexity index is 2200. The van der Waals surface area contributed by atoms with Crippen LogP contribution < -0.4 is 43.8 Å². The van der Waals surface area contributed by atoms with Crippen LogP contribution >= 0.6 is 0 Å². The van der Waals surface area contributed by atoms with E-state index in [1.165, 1.54) is 29.9 Å². The van der Waals surface area contributed by atoms with Crippen molar-refractivity contribution >= 4 is 59.3 Å². The number of carbonyl (C=O) groups excluding carboxylic acids is 6. The van der Waals surface area contributed by atoms with Crippen LogP contribution in [0, 0.1) is 0 Å². The number of nitrogens with zero attached hydrogens (tertiary/aromatic N) is 4. The fourth-order valence-electron chi connectivity index (χ4n) is 7.15. The standard InChI is InChI=1S/C41H56N14O12/c42-25(17-33(58)59)34(60)50-27(10-11-32(56)57)36(62)53-29(15-23-18-45-20-48-23)39(65)55-13-5-9-31(55)38(64)52-28(14-22-6-2-1-3-7-22)37(63)51-26(8-4-12-47-41(43)44)35(61)54-30(40(66)67)16-24-19-46-21-49-24/h1-3,6-7,18-21,25-31H,4-5,8-17,42H2,(H,45,48)(H,46,49)(H,50,60)(H,51,63)(H,52,64)(H,53,62)(H,54,61)(H,56,57)(H,58,59)(H,66,67)(H4,43,44,47)/t25-,26-,27-,28-,29-,30-,31-/m0/s1. The van der Waals surface area contributed by atoms with Crippen LogP contribution in [0.2, 0.25) is 0 Å². The molecule has 7 atom stereocenters. The van der Waals surface area contributed by atoms with Crippen LogP contribution in [0.5, 0.6) is 0 Å². The Balaban J connectivity index is 1.58. The number of nitrogens with one attached hydrogen (secondary N) is 7. The lowest BCUT2D eigenvalue weighted by atomic mass is 10.0. The van der Waals surface area contributed by atoms with Crippen molar-refractivity contribution in [3.05, 3.63) is 72.3 Å². The third-order valence-corrected chi connectivity index (χ3v) is 10.5. The molecule has 3 aromatic rings. The number of carbonyl (C=O) groups is 9. The quantitative estimate of drug-likeness (QED) is 0.0199. The van der Waals surface area contributed by atoms with Crippen molar-refractivity contribution in [2.45, 2.75) is 107 Å². The van der Waals surface area contributed by atoms with Gasteiger partial charge in [0.05, 0.1) is 25.1 Å². The van der Waals surface area contributed by atoms with E-state index in [1.54, 1.807) is 30.3 Å². The highest BCUT2D eigenvalue weighted by molar-refractivity contribution is 5.98. The van der Waals surface area contributed by atoms with Gasteiger partial charge in [-0.3, -0.25) is 43.3 Å². The summed E-state index contributed by atoms with van der Waals surface area (Å²) >= 11 is 0. The fourth-order valence-corrected chi connectivity index (χ4v) is 7.15. The van der Waals surface area contributed by atoms with Gasteiger partial charge in [-0.15, -0.1) is 0 Å². The van der Waals surface area contributed by atoms with Crippen LogP contribution in [0.1, 0.15) is 61.9 Å². The number of aromatic nitrogens is 4. The maximum absolute atomic E-state index is 14.4. The van der Waals surface area contributed by atoms with Gasteiger partial charge in [-0.1, -0.05) is 30.3 Å². The number of H-pyrrole nitrogens is 2. The van der Waals surface area contributed by atoms with Crippen molar-refractivity contribution < 1.29 is 58.5 Å². The molecule has 0 saturated carbocycles. The van der Waals surface area contributed by atoms with E-state index >= 15 is 0 Å². The van der Waals surface area contributed by atoms with Gasteiger partial charge in [-0.05, 0) is 37.7 Å². The predicted molar refractivity (Wildman–Crippen MR) is 234 cm³/mol. The smallest absolute Gasteiger partial charge is 0.326 e. The van der Waals surface area contributed by atoms with Crippen molar-refractivity contribution in [3.8, 4) is 0 Å². The van der Waals surface area contributed by atoms with Gasteiger partial charge < -0.3 is 74.0 Å². The van der Waals surface area contributed by atoms with Crippen LogP contribution in [0.25, 0.3) is 0 Å². The van der Waals surface area contributed by atoms with Crippen LogP contribution in [0.15, 0.2) is 60.4 Å².